The van der Waals surface area contributed by atoms with E-state index < -0.39 is 0 Å². The van der Waals surface area contributed by atoms with Crippen LogP contribution < -0.4 is 5.73 Å². The molecule has 3 heteroatoms. The van der Waals surface area contributed by atoms with E-state index in [9.17, 15) is 4.79 Å². The maximum absolute atomic E-state index is 12.5. The number of ketones is 1. The monoisotopic (exact) mass is 307 g/mol. The van der Waals surface area contributed by atoms with Gasteiger partial charge < -0.3 is 5.73 Å². The lowest BCUT2D eigenvalue weighted by atomic mass is 9.80. The molecule has 1 aromatic rings. The summed E-state index contributed by atoms with van der Waals surface area (Å²) >= 11 is 3.51. The lowest BCUT2D eigenvalue weighted by Crippen LogP contribution is -2.40. The van der Waals surface area contributed by atoms with E-state index in [4.69, 9.17) is 5.73 Å². The highest BCUT2D eigenvalue weighted by Gasteiger charge is 2.48. The van der Waals surface area contributed by atoms with Crippen molar-refractivity contribution in [3.05, 3.63) is 34.3 Å². The quantitative estimate of drug-likeness (QED) is 0.933. The number of halogens is 1. The van der Waals surface area contributed by atoms with Crippen molar-refractivity contribution in [2.75, 3.05) is 0 Å². The van der Waals surface area contributed by atoms with Gasteiger partial charge in [0.15, 0.2) is 0 Å². The largest absolute Gasteiger partial charge is 0.327 e. The van der Waals surface area contributed by atoms with E-state index in [1.807, 2.05) is 24.3 Å². The van der Waals surface area contributed by atoms with Gasteiger partial charge in [-0.25, -0.2) is 0 Å². The Kier molecular flexibility index (Phi) is 3.29. The molecule has 4 atom stereocenters. The summed E-state index contributed by atoms with van der Waals surface area (Å²) < 4.78 is 1.02. The predicted molar refractivity (Wildman–Crippen MR) is 75.1 cm³/mol. The highest BCUT2D eigenvalue weighted by molar-refractivity contribution is 9.10. The molecule has 18 heavy (non-hydrogen) atoms. The van der Waals surface area contributed by atoms with Gasteiger partial charge in [-0.2, -0.15) is 0 Å². The Bertz CT molecular complexity index is 471. The molecule has 2 saturated carbocycles. The van der Waals surface area contributed by atoms with Gasteiger partial charge in [-0.15, -0.1) is 0 Å². The van der Waals surface area contributed by atoms with Crippen LogP contribution in [-0.4, -0.2) is 11.8 Å². The second kappa shape index (κ2) is 4.78. The van der Waals surface area contributed by atoms with E-state index >= 15 is 0 Å². The molecule has 2 aliphatic rings. The third-order valence-electron chi connectivity index (χ3n) is 4.67. The maximum Gasteiger partial charge on any atom is 0.142 e. The molecule has 0 aliphatic heterocycles. The first-order chi connectivity index (χ1) is 8.66. The van der Waals surface area contributed by atoms with Crippen molar-refractivity contribution in [1.82, 2.24) is 0 Å². The lowest BCUT2D eigenvalue weighted by Gasteiger charge is -2.27. The van der Waals surface area contributed by atoms with Crippen molar-refractivity contribution in [3.63, 3.8) is 0 Å². The van der Waals surface area contributed by atoms with Gasteiger partial charge in [-0.1, -0.05) is 34.1 Å². The van der Waals surface area contributed by atoms with Gasteiger partial charge in [0.05, 0.1) is 0 Å². The second-order valence-corrected chi connectivity index (χ2v) is 6.53. The Morgan fingerprint density at radius 3 is 2.67 bits per heavy atom. The van der Waals surface area contributed by atoms with E-state index in [0.29, 0.717) is 24.0 Å². The third-order valence-corrected chi connectivity index (χ3v) is 5.45. The number of nitrogens with two attached hydrogens (primary N) is 1. The van der Waals surface area contributed by atoms with Crippen LogP contribution in [0, 0.1) is 17.8 Å². The molecule has 0 saturated heterocycles. The van der Waals surface area contributed by atoms with E-state index in [1.165, 1.54) is 19.3 Å². The van der Waals surface area contributed by atoms with E-state index in [0.717, 1.165) is 10.0 Å². The number of fused-ring (bicyclic) bond motifs is 2. The minimum absolute atomic E-state index is 0.107. The van der Waals surface area contributed by atoms with E-state index in [-0.39, 0.29) is 12.0 Å². The number of carbonyl (C=O) groups excluding carboxylic acids is 1. The summed E-state index contributed by atoms with van der Waals surface area (Å²) in [5.74, 6) is 1.60. The van der Waals surface area contributed by atoms with Crippen LogP contribution in [0.4, 0.5) is 0 Å². The van der Waals surface area contributed by atoms with Crippen molar-refractivity contribution in [2.45, 2.75) is 31.7 Å². The molecule has 1 aromatic carbocycles. The summed E-state index contributed by atoms with van der Waals surface area (Å²) in [6, 6.07) is 8.07. The molecule has 0 radical (unpaired) electrons. The fourth-order valence-electron chi connectivity index (χ4n) is 3.76. The van der Waals surface area contributed by atoms with Crippen LogP contribution in [0.5, 0.6) is 0 Å². The van der Waals surface area contributed by atoms with Crippen LogP contribution in [0.1, 0.15) is 24.8 Å². The van der Waals surface area contributed by atoms with Gasteiger partial charge in [-0.3, -0.25) is 4.79 Å². The summed E-state index contributed by atoms with van der Waals surface area (Å²) in [6.45, 7) is 0. The van der Waals surface area contributed by atoms with Crippen molar-refractivity contribution in [3.8, 4) is 0 Å². The number of rotatable bonds is 3. The Morgan fingerprint density at radius 2 is 2.00 bits per heavy atom. The van der Waals surface area contributed by atoms with Crippen LogP contribution in [-0.2, 0) is 11.2 Å². The predicted octanol–water partition coefficient (Wildman–Crippen LogP) is 2.93. The van der Waals surface area contributed by atoms with Crippen molar-refractivity contribution >= 4 is 21.7 Å². The molecule has 2 nitrogen and oxygen atoms in total. The first kappa shape index (κ1) is 12.4. The molecule has 2 N–H and O–H groups in total. The number of hydrogen-bond donors (Lipinski definition) is 1. The Hall–Kier alpha value is -0.670. The zero-order valence-electron chi connectivity index (χ0n) is 10.3. The number of carbonyl (C=O) groups is 1. The summed E-state index contributed by atoms with van der Waals surface area (Å²) in [6.07, 6.45) is 4.12. The van der Waals surface area contributed by atoms with Crippen LogP contribution in [0.2, 0.25) is 0 Å². The molecule has 0 spiro atoms. The zero-order valence-corrected chi connectivity index (χ0v) is 11.9. The molecule has 4 unspecified atom stereocenters. The van der Waals surface area contributed by atoms with Crippen LogP contribution in [0.25, 0.3) is 0 Å². The van der Waals surface area contributed by atoms with E-state index in [1.54, 1.807) is 0 Å². The fourth-order valence-corrected chi connectivity index (χ4v) is 4.19. The van der Waals surface area contributed by atoms with Crippen molar-refractivity contribution < 1.29 is 4.79 Å². The number of Topliss-reactive ketones (excluding diaryl/α,β-unsaturated/α-hetero) is 1. The number of hydrogen-bond acceptors (Lipinski definition) is 2. The minimum Gasteiger partial charge on any atom is -0.327 e. The highest BCUT2D eigenvalue weighted by atomic mass is 79.9. The highest BCUT2D eigenvalue weighted by Crippen LogP contribution is 2.48. The van der Waals surface area contributed by atoms with Gasteiger partial charge in [0, 0.05) is 22.9 Å². The van der Waals surface area contributed by atoms with Crippen molar-refractivity contribution in [2.24, 2.45) is 23.5 Å². The van der Waals surface area contributed by atoms with Crippen LogP contribution in [0.15, 0.2) is 28.7 Å². The fraction of sp³-hybridized carbons (Fsp3) is 0.533. The van der Waals surface area contributed by atoms with Crippen LogP contribution >= 0.6 is 15.9 Å². The van der Waals surface area contributed by atoms with Crippen LogP contribution in [0.3, 0.4) is 0 Å². The van der Waals surface area contributed by atoms with Crippen molar-refractivity contribution in [1.29, 1.82) is 0 Å². The normalized spacial score (nSPS) is 33.9. The molecule has 0 heterocycles. The molecule has 0 amide bonds. The summed E-state index contributed by atoms with van der Waals surface area (Å²) in [7, 11) is 0. The minimum atomic E-state index is 0.107. The number of benzene rings is 1. The van der Waals surface area contributed by atoms with Gasteiger partial charge >= 0.3 is 0 Å². The second-order valence-electron chi connectivity index (χ2n) is 5.67. The molecule has 2 fully saturated rings. The average molecular weight is 308 g/mol. The smallest absolute Gasteiger partial charge is 0.142 e. The lowest BCUT2D eigenvalue weighted by molar-refractivity contribution is -0.124. The topological polar surface area (TPSA) is 43.1 Å². The average Bonchev–Trinajstić information content (AvgIpc) is 2.92. The third kappa shape index (κ3) is 2.04. The SMILES string of the molecule is NC1C2CCC(C2)C1C(=O)Cc1ccccc1Br. The van der Waals surface area contributed by atoms with Gasteiger partial charge in [0.1, 0.15) is 5.78 Å². The molecule has 0 aromatic heterocycles. The molecule has 96 valence electrons. The summed E-state index contributed by atoms with van der Waals surface area (Å²) in [5.41, 5.74) is 7.31. The summed E-state index contributed by atoms with van der Waals surface area (Å²) in [4.78, 5) is 12.5. The Labute approximate surface area is 116 Å². The van der Waals surface area contributed by atoms with E-state index in [2.05, 4.69) is 15.9 Å². The molecule has 2 aliphatic carbocycles. The molecule has 2 bridgehead atoms. The first-order valence-electron chi connectivity index (χ1n) is 6.68. The standard InChI is InChI=1S/C15H18BrNO/c16-12-4-2-1-3-9(12)8-13(18)14-10-5-6-11(7-10)15(14)17/h1-4,10-11,14-15H,5-8,17H2. The molecular formula is C15H18BrNO. The Balaban J connectivity index is 1.74. The maximum atomic E-state index is 12.5. The summed E-state index contributed by atoms with van der Waals surface area (Å²) in [5, 5.41) is 0. The first-order valence-corrected chi connectivity index (χ1v) is 7.48. The van der Waals surface area contributed by atoms with Gasteiger partial charge in [0.2, 0.25) is 0 Å². The zero-order chi connectivity index (χ0) is 12.7. The molecule has 3 rings (SSSR count). The van der Waals surface area contributed by atoms with Gasteiger partial charge in [0.25, 0.3) is 0 Å². The van der Waals surface area contributed by atoms with Gasteiger partial charge in [-0.05, 0) is 42.7 Å². The molecular weight excluding hydrogens is 290 g/mol. The Morgan fingerprint density at radius 1 is 1.28 bits per heavy atom.